The highest BCUT2D eigenvalue weighted by Gasteiger charge is 2.17. The number of aromatic nitrogens is 2. The van der Waals surface area contributed by atoms with Crippen LogP contribution in [-0.4, -0.2) is 48.7 Å². The topological polar surface area (TPSA) is 79.4 Å². The van der Waals surface area contributed by atoms with Gasteiger partial charge in [-0.2, -0.15) is 4.98 Å². The Kier molecular flexibility index (Phi) is 6.50. The van der Waals surface area contributed by atoms with Gasteiger partial charge in [-0.3, -0.25) is 4.79 Å². The number of rotatable bonds is 8. The van der Waals surface area contributed by atoms with Crippen LogP contribution in [0.5, 0.6) is 5.75 Å². The number of carbonyl (C=O) groups excluding carboxylic acids is 1. The summed E-state index contributed by atoms with van der Waals surface area (Å²) in [5, 5.41) is 8.13. The summed E-state index contributed by atoms with van der Waals surface area (Å²) in [6.07, 6.45) is 2.41. The molecule has 1 fully saturated rings. The first-order valence-electron chi connectivity index (χ1n) is 10.9. The maximum Gasteiger partial charge on any atom is 0.255 e. The molecule has 1 aliphatic heterocycles. The SMILES string of the molecule is CCOc1ccc2ccccc2c1C(=O)NCCNc1nc(C)cc(N2CCCC2)n1. The lowest BCUT2D eigenvalue weighted by molar-refractivity contribution is 0.0953. The van der Waals surface area contributed by atoms with Gasteiger partial charge in [0.15, 0.2) is 0 Å². The van der Waals surface area contributed by atoms with Crippen LogP contribution >= 0.6 is 0 Å². The normalized spacial score (nSPS) is 13.4. The number of anilines is 2. The molecule has 2 heterocycles. The first-order chi connectivity index (χ1) is 15.2. The second-order valence-corrected chi connectivity index (χ2v) is 7.66. The second-order valence-electron chi connectivity index (χ2n) is 7.66. The fraction of sp³-hybridized carbons (Fsp3) is 0.375. The molecule has 0 aliphatic carbocycles. The average Bonchev–Trinajstić information content (AvgIpc) is 3.31. The summed E-state index contributed by atoms with van der Waals surface area (Å²) in [6.45, 7) is 7.46. The van der Waals surface area contributed by atoms with Crippen molar-refractivity contribution in [2.24, 2.45) is 0 Å². The van der Waals surface area contributed by atoms with Crippen LogP contribution in [0, 0.1) is 6.92 Å². The zero-order chi connectivity index (χ0) is 21.6. The van der Waals surface area contributed by atoms with Gasteiger partial charge < -0.3 is 20.3 Å². The third-order valence-electron chi connectivity index (χ3n) is 5.38. The molecular weight excluding hydrogens is 390 g/mol. The quantitative estimate of drug-likeness (QED) is 0.541. The highest BCUT2D eigenvalue weighted by atomic mass is 16.5. The largest absolute Gasteiger partial charge is 0.493 e. The van der Waals surface area contributed by atoms with Crippen molar-refractivity contribution in [1.82, 2.24) is 15.3 Å². The van der Waals surface area contributed by atoms with Crippen LogP contribution in [0.3, 0.4) is 0 Å². The summed E-state index contributed by atoms with van der Waals surface area (Å²) in [5.74, 6) is 2.01. The summed E-state index contributed by atoms with van der Waals surface area (Å²) < 4.78 is 5.72. The lowest BCUT2D eigenvalue weighted by Crippen LogP contribution is -2.30. The van der Waals surface area contributed by atoms with E-state index in [1.807, 2.05) is 56.3 Å². The Morgan fingerprint density at radius 1 is 1.10 bits per heavy atom. The first kappa shape index (κ1) is 20.9. The zero-order valence-electron chi connectivity index (χ0n) is 18.1. The lowest BCUT2D eigenvalue weighted by atomic mass is 10.0. The minimum Gasteiger partial charge on any atom is -0.493 e. The number of fused-ring (bicyclic) bond motifs is 1. The van der Waals surface area contributed by atoms with E-state index in [0.717, 1.165) is 35.4 Å². The summed E-state index contributed by atoms with van der Waals surface area (Å²) in [6, 6.07) is 13.7. The van der Waals surface area contributed by atoms with Gasteiger partial charge in [-0.15, -0.1) is 0 Å². The number of nitrogens with one attached hydrogen (secondary N) is 2. The van der Waals surface area contributed by atoms with Gasteiger partial charge in [0.2, 0.25) is 5.95 Å². The van der Waals surface area contributed by atoms with Crippen molar-refractivity contribution in [3.63, 3.8) is 0 Å². The predicted octanol–water partition coefficient (Wildman–Crippen LogP) is 3.78. The van der Waals surface area contributed by atoms with Crippen LogP contribution < -0.4 is 20.3 Å². The van der Waals surface area contributed by atoms with Crippen LogP contribution in [0.1, 0.15) is 35.8 Å². The van der Waals surface area contributed by atoms with Crippen molar-refractivity contribution in [3.05, 3.63) is 53.7 Å². The number of hydrogen-bond donors (Lipinski definition) is 2. The Morgan fingerprint density at radius 3 is 2.71 bits per heavy atom. The number of amides is 1. The van der Waals surface area contributed by atoms with Crippen molar-refractivity contribution < 1.29 is 9.53 Å². The molecule has 1 saturated heterocycles. The van der Waals surface area contributed by atoms with E-state index in [4.69, 9.17) is 4.74 Å². The molecule has 2 aromatic carbocycles. The summed E-state index contributed by atoms with van der Waals surface area (Å²) in [7, 11) is 0. The minimum absolute atomic E-state index is 0.148. The van der Waals surface area contributed by atoms with Crippen molar-refractivity contribution in [1.29, 1.82) is 0 Å². The number of aryl methyl sites for hydroxylation is 1. The standard InChI is InChI=1S/C24H29N5O2/c1-3-31-20-11-10-18-8-4-5-9-19(18)22(20)23(30)25-12-13-26-24-27-17(2)16-21(28-24)29-14-6-7-15-29/h4-5,8-11,16H,3,6-7,12-15H2,1-2H3,(H,25,30)(H,26,27,28). The van der Waals surface area contributed by atoms with Gasteiger partial charge in [-0.1, -0.05) is 30.3 Å². The summed E-state index contributed by atoms with van der Waals surface area (Å²) >= 11 is 0. The smallest absolute Gasteiger partial charge is 0.255 e. The van der Waals surface area contributed by atoms with Gasteiger partial charge in [0.1, 0.15) is 11.6 Å². The third-order valence-corrected chi connectivity index (χ3v) is 5.38. The molecule has 1 amide bonds. The Morgan fingerprint density at radius 2 is 1.90 bits per heavy atom. The molecular formula is C24H29N5O2. The van der Waals surface area contributed by atoms with E-state index >= 15 is 0 Å². The maximum absolute atomic E-state index is 13.0. The van der Waals surface area contributed by atoms with Crippen molar-refractivity contribution in [3.8, 4) is 5.75 Å². The Hall–Kier alpha value is -3.35. The molecule has 1 aliphatic rings. The van der Waals surface area contributed by atoms with Crippen molar-refractivity contribution in [2.45, 2.75) is 26.7 Å². The van der Waals surface area contributed by atoms with Gasteiger partial charge in [0.25, 0.3) is 5.91 Å². The molecule has 0 atom stereocenters. The zero-order valence-corrected chi connectivity index (χ0v) is 18.1. The minimum atomic E-state index is -0.148. The fourth-order valence-corrected chi connectivity index (χ4v) is 3.94. The monoisotopic (exact) mass is 419 g/mol. The van der Waals surface area contributed by atoms with E-state index in [2.05, 4.69) is 25.5 Å². The molecule has 0 radical (unpaired) electrons. The molecule has 7 heteroatoms. The average molecular weight is 420 g/mol. The Labute approximate surface area is 182 Å². The third kappa shape index (κ3) is 4.87. The fourth-order valence-electron chi connectivity index (χ4n) is 3.94. The van der Waals surface area contributed by atoms with Crippen molar-refractivity contribution in [2.75, 3.05) is 43.0 Å². The van der Waals surface area contributed by atoms with Crippen LogP contribution in [0.15, 0.2) is 42.5 Å². The molecule has 7 nitrogen and oxygen atoms in total. The number of carbonyl (C=O) groups is 1. The van der Waals surface area contributed by atoms with E-state index in [9.17, 15) is 4.79 Å². The highest BCUT2D eigenvalue weighted by molar-refractivity contribution is 6.09. The second kappa shape index (κ2) is 9.64. The van der Waals surface area contributed by atoms with Gasteiger partial charge in [0, 0.05) is 37.9 Å². The maximum atomic E-state index is 13.0. The van der Waals surface area contributed by atoms with E-state index in [0.29, 0.717) is 37.0 Å². The van der Waals surface area contributed by atoms with Gasteiger partial charge >= 0.3 is 0 Å². The number of benzene rings is 2. The summed E-state index contributed by atoms with van der Waals surface area (Å²) in [4.78, 5) is 24.4. The summed E-state index contributed by atoms with van der Waals surface area (Å²) in [5.41, 5.74) is 1.50. The number of ether oxygens (including phenoxy) is 1. The molecule has 3 aromatic rings. The Balaban J connectivity index is 1.41. The van der Waals surface area contributed by atoms with E-state index in [-0.39, 0.29) is 5.91 Å². The molecule has 4 rings (SSSR count). The van der Waals surface area contributed by atoms with Crippen LogP contribution in [-0.2, 0) is 0 Å². The Bertz CT molecular complexity index is 1060. The molecule has 2 N–H and O–H groups in total. The van der Waals surface area contributed by atoms with E-state index in [1.165, 1.54) is 12.8 Å². The molecule has 31 heavy (non-hydrogen) atoms. The molecule has 0 unspecified atom stereocenters. The first-order valence-corrected chi connectivity index (χ1v) is 10.9. The van der Waals surface area contributed by atoms with Crippen molar-refractivity contribution >= 4 is 28.4 Å². The van der Waals surface area contributed by atoms with Gasteiger partial charge in [-0.25, -0.2) is 4.98 Å². The predicted molar refractivity (Wildman–Crippen MR) is 124 cm³/mol. The van der Waals surface area contributed by atoms with E-state index < -0.39 is 0 Å². The van der Waals surface area contributed by atoms with Crippen LogP contribution in [0.25, 0.3) is 10.8 Å². The van der Waals surface area contributed by atoms with E-state index in [1.54, 1.807) is 0 Å². The van der Waals surface area contributed by atoms with Gasteiger partial charge in [-0.05, 0) is 43.5 Å². The lowest BCUT2D eigenvalue weighted by Gasteiger charge is -2.18. The molecule has 0 saturated carbocycles. The molecule has 1 aromatic heterocycles. The van der Waals surface area contributed by atoms with Crippen LogP contribution in [0.4, 0.5) is 11.8 Å². The number of nitrogens with zero attached hydrogens (tertiary/aromatic N) is 3. The van der Waals surface area contributed by atoms with Crippen LogP contribution in [0.2, 0.25) is 0 Å². The highest BCUT2D eigenvalue weighted by Crippen LogP contribution is 2.28. The van der Waals surface area contributed by atoms with Gasteiger partial charge in [0.05, 0.1) is 12.2 Å². The molecule has 162 valence electrons. The molecule has 0 spiro atoms. The number of hydrogen-bond acceptors (Lipinski definition) is 6. The molecule has 0 bridgehead atoms.